The van der Waals surface area contributed by atoms with Crippen molar-refractivity contribution < 1.29 is 0 Å². The summed E-state index contributed by atoms with van der Waals surface area (Å²) in [5.74, 6) is 0. The number of benzene rings is 6. The molecular formula is C44H26N4. The summed E-state index contributed by atoms with van der Waals surface area (Å²) >= 11 is 0. The highest BCUT2D eigenvalue weighted by molar-refractivity contribution is 6.32. The number of fused-ring (bicyclic) bond motifs is 11. The van der Waals surface area contributed by atoms with Crippen molar-refractivity contribution in [2.24, 2.45) is 0 Å². The van der Waals surface area contributed by atoms with E-state index < -0.39 is 0 Å². The van der Waals surface area contributed by atoms with Crippen LogP contribution >= 0.6 is 0 Å². The van der Waals surface area contributed by atoms with Gasteiger partial charge < -0.3 is 0 Å². The Balaban J connectivity index is 1.18. The van der Waals surface area contributed by atoms with Crippen LogP contribution in [-0.2, 0) is 0 Å². The molecule has 0 radical (unpaired) electrons. The van der Waals surface area contributed by atoms with Crippen LogP contribution in [0.4, 0.5) is 0 Å². The van der Waals surface area contributed by atoms with Crippen molar-refractivity contribution in [3.8, 4) is 33.6 Å². The van der Waals surface area contributed by atoms with E-state index in [0.29, 0.717) is 0 Å². The van der Waals surface area contributed by atoms with Crippen molar-refractivity contribution in [3.05, 3.63) is 158 Å². The highest BCUT2D eigenvalue weighted by Gasteiger charge is 2.19. The van der Waals surface area contributed by atoms with Crippen molar-refractivity contribution in [1.82, 2.24) is 19.9 Å². The minimum Gasteiger partial charge on any atom is -0.254 e. The predicted octanol–water partition coefficient (Wildman–Crippen LogP) is 11.2. The van der Waals surface area contributed by atoms with Gasteiger partial charge in [-0.1, -0.05) is 121 Å². The van der Waals surface area contributed by atoms with E-state index in [1.807, 2.05) is 30.6 Å². The van der Waals surface area contributed by atoms with Crippen LogP contribution in [0.2, 0.25) is 0 Å². The predicted molar refractivity (Wildman–Crippen MR) is 199 cm³/mol. The van der Waals surface area contributed by atoms with Gasteiger partial charge in [-0.2, -0.15) is 0 Å². The van der Waals surface area contributed by atoms with E-state index in [1.54, 1.807) is 0 Å². The van der Waals surface area contributed by atoms with Crippen LogP contribution < -0.4 is 0 Å². The van der Waals surface area contributed by atoms with Gasteiger partial charge in [0.2, 0.25) is 0 Å². The molecule has 10 aromatic rings. The molecule has 48 heavy (non-hydrogen) atoms. The summed E-state index contributed by atoms with van der Waals surface area (Å²) in [5, 5.41) is 9.03. The molecule has 222 valence electrons. The molecule has 0 atom stereocenters. The average Bonchev–Trinajstić information content (AvgIpc) is 3.17. The summed E-state index contributed by atoms with van der Waals surface area (Å²) in [6.45, 7) is 0. The van der Waals surface area contributed by atoms with Gasteiger partial charge in [-0.05, 0) is 40.8 Å². The van der Waals surface area contributed by atoms with Gasteiger partial charge in [-0.15, -0.1) is 0 Å². The van der Waals surface area contributed by atoms with Gasteiger partial charge in [0.1, 0.15) is 0 Å². The Bertz CT molecular complexity index is 2880. The Hall–Kier alpha value is -6.52. The molecule has 0 fully saturated rings. The van der Waals surface area contributed by atoms with Gasteiger partial charge in [0.15, 0.2) is 0 Å². The Morgan fingerprint density at radius 2 is 0.875 bits per heavy atom. The zero-order valence-corrected chi connectivity index (χ0v) is 25.8. The van der Waals surface area contributed by atoms with Crippen molar-refractivity contribution in [2.45, 2.75) is 0 Å². The second-order valence-corrected chi connectivity index (χ2v) is 12.2. The highest BCUT2D eigenvalue weighted by Crippen LogP contribution is 2.42. The second-order valence-electron chi connectivity index (χ2n) is 12.2. The maximum atomic E-state index is 5.39. The van der Waals surface area contributed by atoms with Crippen LogP contribution in [0.3, 0.4) is 0 Å². The van der Waals surface area contributed by atoms with Crippen LogP contribution in [0.1, 0.15) is 0 Å². The third-order valence-electron chi connectivity index (χ3n) is 9.51. The van der Waals surface area contributed by atoms with Gasteiger partial charge >= 0.3 is 0 Å². The molecule has 0 unspecified atom stereocenters. The molecule has 4 heteroatoms. The lowest BCUT2D eigenvalue weighted by molar-refractivity contribution is 1.38. The fourth-order valence-electron chi connectivity index (χ4n) is 7.33. The Labute approximate surface area is 276 Å². The first-order valence-electron chi connectivity index (χ1n) is 16.1. The van der Waals surface area contributed by atoms with Crippen molar-refractivity contribution in [2.75, 3.05) is 0 Å². The number of para-hydroxylation sites is 1. The van der Waals surface area contributed by atoms with E-state index >= 15 is 0 Å². The average molecular weight is 611 g/mol. The zero-order valence-electron chi connectivity index (χ0n) is 25.8. The zero-order chi connectivity index (χ0) is 31.6. The summed E-state index contributed by atoms with van der Waals surface area (Å²) in [4.78, 5) is 20.1. The maximum Gasteiger partial charge on any atom is 0.0971 e. The molecule has 0 saturated heterocycles. The van der Waals surface area contributed by atoms with E-state index in [4.69, 9.17) is 19.9 Å². The van der Waals surface area contributed by atoms with E-state index in [1.165, 1.54) is 10.8 Å². The summed E-state index contributed by atoms with van der Waals surface area (Å²) in [6.07, 6.45) is 3.69. The number of aromatic nitrogens is 4. The van der Waals surface area contributed by atoms with Crippen LogP contribution in [0.25, 0.3) is 98.8 Å². The van der Waals surface area contributed by atoms with E-state index in [0.717, 1.165) is 88.0 Å². The summed E-state index contributed by atoms with van der Waals surface area (Å²) in [5.41, 5.74) is 10.1. The minimum atomic E-state index is 0.893. The second kappa shape index (κ2) is 10.5. The number of hydrogen-bond donors (Lipinski definition) is 0. The van der Waals surface area contributed by atoms with Gasteiger partial charge in [0.25, 0.3) is 0 Å². The van der Waals surface area contributed by atoms with Crippen LogP contribution in [0, 0.1) is 0 Å². The monoisotopic (exact) mass is 610 g/mol. The Kier molecular flexibility index (Phi) is 5.84. The fraction of sp³-hybridized carbons (Fsp3) is 0. The lowest BCUT2D eigenvalue weighted by Crippen LogP contribution is -1.95. The van der Waals surface area contributed by atoms with Crippen LogP contribution in [0.15, 0.2) is 158 Å². The molecule has 0 bridgehead atoms. The molecule has 4 nitrogen and oxygen atoms in total. The van der Waals surface area contributed by atoms with E-state index in [9.17, 15) is 0 Å². The van der Waals surface area contributed by atoms with Crippen molar-refractivity contribution in [3.63, 3.8) is 0 Å². The summed E-state index contributed by atoms with van der Waals surface area (Å²) in [6, 6.07) is 51.1. The first kappa shape index (κ1) is 26.7. The molecule has 0 aliphatic rings. The number of rotatable bonds is 3. The largest absolute Gasteiger partial charge is 0.254 e. The number of pyridine rings is 4. The first-order valence-corrected chi connectivity index (χ1v) is 16.1. The lowest BCUT2D eigenvalue weighted by Gasteiger charge is -2.16. The third-order valence-corrected chi connectivity index (χ3v) is 9.51. The SMILES string of the molecule is c1ccc(-c2nc3cc(-c4ccc(-c5nc6ccccc6c6ccccc56)cc4)ccc3c3c4cccnc4c4ncccc4c23)cc1. The molecule has 0 spiro atoms. The molecule has 0 aliphatic carbocycles. The molecule has 0 saturated carbocycles. The van der Waals surface area contributed by atoms with E-state index in [2.05, 4.69) is 127 Å². The summed E-state index contributed by atoms with van der Waals surface area (Å²) < 4.78 is 0. The topological polar surface area (TPSA) is 51.6 Å². The fourth-order valence-corrected chi connectivity index (χ4v) is 7.33. The Morgan fingerprint density at radius 3 is 1.65 bits per heavy atom. The standard InChI is InChI=1S/C44H26N4/c1-2-10-28(11-3-1)42-40-36-16-9-25-46-44(36)43-35(15-8-24-45-43)39(40)34-23-22-30(26-38(34)48-42)27-18-20-29(21-19-27)41-33-14-5-4-12-31(33)32-13-6-7-17-37(32)47-41/h1-26H. The Morgan fingerprint density at radius 1 is 0.312 bits per heavy atom. The quantitative estimate of drug-likeness (QED) is 0.187. The van der Waals surface area contributed by atoms with Crippen LogP contribution in [-0.4, -0.2) is 19.9 Å². The molecular weight excluding hydrogens is 585 g/mol. The molecule has 4 aromatic heterocycles. The first-order chi connectivity index (χ1) is 23.8. The van der Waals surface area contributed by atoms with Gasteiger partial charge in [-0.3, -0.25) is 9.97 Å². The highest BCUT2D eigenvalue weighted by atomic mass is 14.7. The molecule has 4 heterocycles. The lowest BCUT2D eigenvalue weighted by atomic mass is 9.92. The molecule has 10 rings (SSSR count). The maximum absolute atomic E-state index is 5.39. The normalized spacial score (nSPS) is 11.8. The summed E-state index contributed by atoms with van der Waals surface area (Å²) in [7, 11) is 0. The van der Waals surface area contributed by atoms with E-state index in [-0.39, 0.29) is 0 Å². The van der Waals surface area contributed by atoms with Gasteiger partial charge in [0, 0.05) is 61.2 Å². The van der Waals surface area contributed by atoms with Gasteiger partial charge in [-0.25, -0.2) is 9.97 Å². The van der Waals surface area contributed by atoms with Crippen molar-refractivity contribution in [1.29, 1.82) is 0 Å². The molecule has 6 aromatic carbocycles. The minimum absolute atomic E-state index is 0.893. The van der Waals surface area contributed by atoms with Gasteiger partial charge in [0.05, 0.1) is 33.5 Å². The van der Waals surface area contributed by atoms with Crippen LogP contribution in [0.5, 0.6) is 0 Å². The molecule has 0 aliphatic heterocycles. The number of nitrogens with zero attached hydrogens (tertiary/aromatic N) is 4. The smallest absolute Gasteiger partial charge is 0.0971 e. The van der Waals surface area contributed by atoms with Crippen molar-refractivity contribution >= 4 is 65.2 Å². The third kappa shape index (κ3) is 4.03. The molecule has 0 N–H and O–H groups in total. The molecule has 0 amide bonds. The number of hydrogen-bond acceptors (Lipinski definition) is 4.